The van der Waals surface area contributed by atoms with Crippen LogP contribution in [-0.2, 0) is 6.54 Å². The summed E-state index contributed by atoms with van der Waals surface area (Å²) in [5, 5.41) is 18.9. The molecule has 0 fully saturated rings. The van der Waals surface area contributed by atoms with Crippen LogP contribution in [0.1, 0.15) is 15.9 Å². The normalized spacial score (nSPS) is 10.2. The Morgan fingerprint density at radius 3 is 2.71 bits per heavy atom. The summed E-state index contributed by atoms with van der Waals surface area (Å²) >= 11 is 0. The monoisotopic (exact) mass is 288 g/mol. The Morgan fingerprint density at radius 2 is 2.05 bits per heavy atom. The fraction of sp³-hybridized carbons (Fsp3) is 0.200. The van der Waals surface area contributed by atoms with Crippen LogP contribution in [0.3, 0.4) is 0 Å². The number of pyridine rings is 1. The van der Waals surface area contributed by atoms with Crippen LogP contribution in [0.15, 0.2) is 36.7 Å². The standard InChI is InChI=1S/C15H16N2O4/c1-17(15(20)11-6-12(18)8-16-7-11)9-10-3-4-13(19)14(5-10)21-2/h3-8,18-19H,9H2,1-2H3. The average Bonchev–Trinajstić information content (AvgIpc) is 2.48. The van der Waals surface area contributed by atoms with Crippen LogP contribution >= 0.6 is 0 Å². The third-order valence-electron chi connectivity index (χ3n) is 2.98. The van der Waals surface area contributed by atoms with Crippen molar-refractivity contribution < 1.29 is 19.7 Å². The van der Waals surface area contributed by atoms with Crippen molar-refractivity contribution in [3.8, 4) is 17.2 Å². The van der Waals surface area contributed by atoms with E-state index < -0.39 is 0 Å². The lowest BCUT2D eigenvalue weighted by Crippen LogP contribution is -2.26. The first-order valence-electron chi connectivity index (χ1n) is 6.26. The van der Waals surface area contributed by atoms with Crippen LogP contribution in [0.2, 0.25) is 0 Å². The van der Waals surface area contributed by atoms with Gasteiger partial charge in [0.1, 0.15) is 5.75 Å². The number of nitrogens with zero attached hydrogens (tertiary/aromatic N) is 2. The quantitative estimate of drug-likeness (QED) is 0.896. The molecule has 21 heavy (non-hydrogen) atoms. The molecular weight excluding hydrogens is 272 g/mol. The lowest BCUT2D eigenvalue weighted by molar-refractivity contribution is 0.0784. The van der Waals surface area contributed by atoms with Gasteiger partial charge in [0, 0.05) is 19.8 Å². The van der Waals surface area contributed by atoms with Crippen molar-refractivity contribution in [2.45, 2.75) is 6.54 Å². The average molecular weight is 288 g/mol. The van der Waals surface area contributed by atoms with Gasteiger partial charge in [-0.25, -0.2) is 0 Å². The van der Waals surface area contributed by atoms with E-state index in [1.54, 1.807) is 19.2 Å². The van der Waals surface area contributed by atoms with Crippen molar-refractivity contribution in [2.24, 2.45) is 0 Å². The number of hydrogen-bond donors (Lipinski definition) is 2. The summed E-state index contributed by atoms with van der Waals surface area (Å²) in [7, 11) is 3.11. The minimum absolute atomic E-state index is 0.0485. The van der Waals surface area contributed by atoms with E-state index in [4.69, 9.17) is 4.74 Å². The van der Waals surface area contributed by atoms with E-state index in [1.165, 1.54) is 36.5 Å². The van der Waals surface area contributed by atoms with Gasteiger partial charge >= 0.3 is 0 Å². The summed E-state index contributed by atoms with van der Waals surface area (Å²) < 4.78 is 5.03. The summed E-state index contributed by atoms with van der Waals surface area (Å²) in [6, 6.07) is 6.26. The number of phenolic OH excluding ortho intramolecular Hbond substituents is 1. The minimum atomic E-state index is -0.259. The largest absolute Gasteiger partial charge is 0.506 e. The van der Waals surface area contributed by atoms with Gasteiger partial charge < -0.3 is 19.8 Å². The van der Waals surface area contributed by atoms with Crippen LogP contribution in [-0.4, -0.2) is 40.2 Å². The maximum absolute atomic E-state index is 12.2. The SMILES string of the molecule is COc1cc(CN(C)C(=O)c2cncc(O)c2)ccc1O. The maximum Gasteiger partial charge on any atom is 0.255 e. The number of carbonyl (C=O) groups is 1. The molecule has 0 aliphatic carbocycles. The fourth-order valence-corrected chi connectivity index (χ4v) is 1.93. The molecular formula is C15H16N2O4. The summed E-state index contributed by atoms with van der Waals surface area (Å²) in [6.07, 6.45) is 2.66. The lowest BCUT2D eigenvalue weighted by atomic mass is 10.1. The Bertz CT molecular complexity index is 658. The Balaban J connectivity index is 2.14. The highest BCUT2D eigenvalue weighted by molar-refractivity contribution is 5.94. The number of carbonyl (C=O) groups excluding carboxylic acids is 1. The maximum atomic E-state index is 12.2. The van der Waals surface area contributed by atoms with Crippen molar-refractivity contribution in [1.82, 2.24) is 9.88 Å². The highest BCUT2D eigenvalue weighted by Crippen LogP contribution is 2.26. The van der Waals surface area contributed by atoms with Gasteiger partial charge in [-0.05, 0) is 23.8 Å². The Labute approximate surface area is 122 Å². The smallest absolute Gasteiger partial charge is 0.255 e. The molecule has 0 spiro atoms. The van der Waals surface area contributed by atoms with Gasteiger partial charge in [-0.2, -0.15) is 0 Å². The first-order valence-corrected chi connectivity index (χ1v) is 6.26. The molecule has 0 saturated heterocycles. The molecule has 0 bridgehead atoms. The summed E-state index contributed by atoms with van der Waals surface area (Å²) in [5.41, 5.74) is 1.12. The Hall–Kier alpha value is -2.76. The molecule has 0 aliphatic heterocycles. The third kappa shape index (κ3) is 3.42. The molecule has 1 aromatic carbocycles. The highest BCUT2D eigenvalue weighted by atomic mass is 16.5. The van der Waals surface area contributed by atoms with Crippen molar-refractivity contribution in [3.05, 3.63) is 47.8 Å². The molecule has 6 nitrogen and oxygen atoms in total. The van der Waals surface area contributed by atoms with Crippen molar-refractivity contribution in [1.29, 1.82) is 0 Å². The molecule has 1 heterocycles. The second kappa shape index (κ2) is 6.13. The molecule has 0 atom stereocenters. The Kier molecular flexibility index (Phi) is 4.27. The van der Waals surface area contributed by atoms with E-state index in [9.17, 15) is 15.0 Å². The number of ether oxygens (including phenoxy) is 1. The highest BCUT2D eigenvalue weighted by Gasteiger charge is 2.14. The molecule has 0 unspecified atom stereocenters. The van der Waals surface area contributed by atoms with Gasteiger partial charge in [-0.15, -0.1) is 0 Å². The predicted molar refractivity (Wildman–Crippen MR) is 76.4 cm³/mol. The molecule has 0 aliphatic rings. The molecule has 2 aromatic rings. The summed E-state index contributed by atoms with van der Waals surface area (Å²) in [4.78, 5) is 17.5. The van der Waals surface area contributed by atoms with Crippen LogP contribution in [0, 0.1) is 0 Å². The van der Waals surface area contributed by atoms with Gasteiger partial charge in [0.05, 0.1) is 18.9 Å². The fourth-order valence-electron chi connectivity index (χ4n) is 1.93. The second-order valence-corrected chi connectivity index (χ2v) is 4.60. The lowest BCUT2D eigenvalue weighted by Gasteiger charge is -2.18. The number of amides is 1. The number of phenols is 1. The first kappa shape index (κ1) is 14.6. The van der Waals surface area contributed by atoms with Crippen molar-refractivity contribution >= 4 is 5.91 Å². The van der Waals surface area contributed by atoms with E-state index in [-0.39, 0.29) is 17.4 Å². The molecule has 0 saturated carbocycles. The topological polar surface area (TPSA) is 82.9 Å². The number of aromatic hydroxyl groups is 2. The number of aromatic nitrogens is 1. The van der Waals surface area contributed by atoms with Gasteiger partial charge in [-0.1, -0.05) is 6.07 Å². The third-order valence-corrected chi connectivity index (χ3v) is 2.98. The van der Waals surface area contributed by atoms with E-state index >= 15 is 0 Å². The molecule has 2 rings (SSSR count). The molecule has 1 aromatic heterocycles. The van der Waals surface area contributed by atoms with Gasteiger partial charge in [0.15, 0.2) is 11.5 Å². The molecule has 0 radical (unpaired) electrons. The van der Waals surface area contributed by atoms with Crippen LogP contribution in [0.25, 0.3) is 0 Å². The molecule has 6 heteroatoms. The van der Waals surface area contributed by atoms with Gasteiger partial charge in [0.25, 0.3) is 5.91 Å². The molecule has 110 valence electrons. The van der Waals surface area contributed by atoms with E-state index in [1.807, 2.05) is 0 Å². The van der Waals surface area contributed by atoms with Crippen LogP contribution < -0.4 is 4.74 Å². The second-order valence-electron chi connectivity index (χ2n) is 4.60. The van der Waals surface area contributed by atoms with E-state index in [2.05, 4.69) is 4.98 Å². The number of benzene rings is 1. The zero-order valence-corrected chi connectivity index (χ0v) is 11.8. The van der Waals surface area contributed by atoms with Crippen LogP contribution in [0.4, 0.5) is 0 Å². The molecule has 2 N–H and O–H groups in total. The Morgan fingerprint density at radius 1 is 1.29 bits per heavy atom. The summed E-state index contributed by atoms with van der Waals surface area (Å²) in [5.74, 6) is 0.0887. The van der Waals surface area contributed by atoms with Gasteiger partial charge in [-0.3, -0.25) is 9.78 Å². The van der Waals surface area contributed by atoms with Crippen molar-refractivity contribution in [2.75, 3.05) is 14.2 Å². The zero-order valence-electron chi connectivity index (χ0n) is 11.8. The molecule has 1 amide bonds. The van der Waals surface area contributed by atoms with E-state index in [0.29, 0.717) is 17.9 Å². The zero-order chi connectivity index (χ0) is 15.4. The minimum Gasteiger partial charge on any atom is -0.506 e. The summed E-state index contributed by atoms with van der Waals surface area (Å²) in [6.45, 7) is 0.338. The number of rotatable bonds is 4. The number of methoxy groups -OCH3 is 1. The number of hydrogen-bond acceptors (Lipinski definition) is 5. The first-order chi connectivity index (χ1) is 10.0. The predicted octanol–water partition coefficient (Wildman–Crippen LogP) is 1.77. The van der Waals surface area contributed by atoms with E-state index in [0.717, 1.165) is 5.56 Å². The van der Waals surface area contributed by atoms with Gasteiger partial charge in [0.2, 0.25) is 0 Å². The van der Waals surface area contributed by atoms with Crippen molar-refractivity contribution in [3.63, 3.8) is 0 Å². The van der Waals surface area contributed by atoms with Crippen LogP contribution in [0.5, 0.6) is 17.2 Å².